The molecule has 1 rings (SSSR count). The molecule has 1 aromatic carbocycles. The van der Waals surface area contributed by atoms with Crippen LogP contribution in [0, 0.1) is 0 Å². The van der Waals surface area contributed by atoms with E-state index in [0.29, 0.717) is 5.92 Å². The summed E-state index contributed by atoms with van der Waals surface area (Å²) in [5.41, 5.74) is 7.79. The summed E-state index contributed by atoms with van der Waals surface area (Å²) in [5.74, 6) is 0.547. The van der Waals surface area contributed by atoms with E-state index >= 15 is 0 Å². The highest BCUT2D eigenvalue weighted by Gasteiger charge is 2.14. The number of hydrogen-bond donors (Lipinski definition) is 1. The number of rotatable bonds is 5. The van der Waals surface area contributed by atoms with E-state index in [1.807, 2.05) is 31.2 Å². The van der Waals surface area contributed by atoms with E-state index in [-0.39, 0.29) is 11.8 Å². The summed E-state index contributed by atoms with van der Waals surface area (Å²) >= 11 is 0. The van der Waals surface area contributed by atoms with Gasteiger partial charge in [-0.25, -0.2) is 0 Å². The molecule has 1 atom stereocenters. The Bertz CT molecular complexity index is 340. The first-order valence-electron chi connectivity index (χ1n) is 5.96. The number of benzene rings is 1. The first kappa shape index (κ1) is 12.9. The van der Waals surface area contributed by atoms with E-state index in [2.05, 4.69) is 13.8 Å². The quantitative estimate of drug-likeness (QED) is 0.773. The molecule has 0 bridgehead atoms. The summed E-state index contributed by atoms with van der Waals surface area (Å²) in [7, 11) is 0. The maximum Gasteiger partial charge on any atom is 0.179 e. The van der Waals surface area contributed by atoms with Crippen LogP contribution in [-0.2, 0) is 0 Å². The van der Waals surface area contributed by atoms with Gasteiger partial charge in [0, 0.05) is 5.56 Å². The summed E-state index contributed by atoms with van der Waals surface area (Å²) in [5, 5.41) is 0. The maximum absolute atomic E-state index is 11.9. The van der Waals surface area contributed by atoms with Gasteiger partial charge in [-0.15, -0.1) is 0 Å². The van der Waals surface area contributed by atoms with Gasteiger partial charge in [0.15, 0.2) is 5.78 Å². The van der Waals surface area contributed by atoms with E-state index < -0.39 is 0 Å². The van der Waals surface area contributed by atoms with Gasteiger partial charge in [0.2, 0.25) is 0 Å². The fourth-order valence-corrected chi connectivity index (χ4v) is 1.69. The predicted octanol–water partition coefficient (Wildman–Crippen LogP) is 3.12. The highest BCUT2D eigenvalue weighted by Crippen LogP contribution is 2.15. The van der Waals surface area contributed by atoms with Gasteiger partial charge in [-0.2, -0.15) is 0 Å². The van der Waals surface area contributed by atoms with Crippen LogP contribution in [-0.4, -0.2) is 11.8 Å². The van der Waals surface area contributed by atoms with E-state index in [1.165, 1.54) is 5.56 Å². The lowest BCUT2D eigenvalue weighted by atomic mass is 9.97. The molecule has 0 spiro atoms. The van der Waals surface area contributed by atoms with Crippen molar-refractivity contribution in [3.8, 4) is 0 Å². The van der Waals surface area contributed by atoms with E-state index in [9.17, 15) is 4.79 Å². The molecular weight excluding hydrogens is 198 g/mol. The molecule has 2 heteroatoms. The van der Waals surface area contributed by atoms with Crippen molar-refractivity contribution in [1.82, 2.24) is 0 Å². The average Bonchev–Trinajstić information content (AvgIpc) is 2.28. The van der Waals surface area contributed by atoms with Gasteiger partial charge in [-0.05, 0) is 17.9 Å². The largest absolute Gasteiger partial charge is 0.321 e. The van der Waals surface area contributed by atoms with Crippen LogP contribution in [0.5, 0.6) is 0 Å². The molecule has 88 valence electrons. The SMILES string of the molecule is CCCC(N)C(=O)c1ccc(C(C)C)cc1. The molecule has 0 aliphatic heterocycles. The number of hydrogen-bond acceptors (Lipinski definition) is 2. The number of ketones is 1. The first-order valence-corrected chi connectivity index (χ1v) is 5.96. The zero-order chi connectivity index (χ0) is 12.1. The second-order valence-electron chi connectivity index (χ2n) is 4.54. The molecule has 0 aromatic heterocycles. The Morgan fingerprint density at radius 2 is 1.81 bits per heavy atom. The number of carbonyl (C=O) groups is 1. The molecular formula is C14H21NO. The van der Waals surface area contributed by atoms with Gasteiger partial charge in [0.1, 0.15) is 0 Å². The Balaban J connectivity index is 2.77. The third-order valence-corrected chi connectivity index (χ3v) is 2.80. The Morgan fingerprint density at radius 1 is 1.25 bits per heavy atom. The van der Waals surface area contributed by atoms with Crippen molar-refractivity contribution in [3.63, 3.8) is 0 Å². The summed E-state index contributed by atoms with van der Waals surface area (Å²) < 4.78 is 0. The molecule has 0 aliphatic carbocycles. The Labute approximate surface area is 97.9 Å². The lowest BCUT2D eigenvalue weighted by Crippen LogP contribution is -2.30. The first-order chi connectivity index (χ1) is 7.56. The number of Topliss-reactive ketones (excluding diaryl/α,β-unsaturated/α-hetero) is 1. The van der Waals surface area contributed by atoms with Crippen molar-refractivity contribution in [3.05, 3.63) is 35.4 Å². The van der Waals surface area contributed by atoms with Gasteiger partial charge in [0.25, 0.3) is 0 Å². The van der Waals surface area contributed by atoms with Gasteiger partial charge >= 0.3 is 0 Å². The van der Waals surface area contributed by atoms with E-state index in [1.54, 1.807) is 0 Å². The second kappa shape index (κ2) is 5.80. The molecule has 0 radical (unpaired) electrons. The highest BCUT2D eigenvalue weighted by molar-refractivity contribution is 5.99. The Kier molecular flexibility index (Phi) is 4.69. The molecule has 0 heterocycles. The smallest absolute Gasteiger partial charge is 0.179 e. The van der Waals surface area contributed by atoms with Crippen molar-refractivity contribution >= 4 is 5.78 Å². The number of carbonyl (C=O) groups excluding carboxylic acids is 1. The van der Waals surface area contributed by atoms with Crippen LogP contribution < -0.4 is 5.73 Å². The third kappa shape index (κ3) is 3.17. The molecule has 0 saturated heterocycles. The summed E-state index contributed by atoms with van der Waals surface area (Å²) in [6, 6.07) is 7.43. The third-order valence-electron chi connectivity index (χ3n) is 2.80. The fourth-order valence-electron chi connectivity index (χ4n) is 1.69. The summed E-state index contributed by atoms with van der Waals surface area (Å²) in [4.78, 5) is 11.9. The van der Waals surface area contributed by atoms with Crippen LogP contribution in [0.25, 0.3) is 0 Å². The van der Waals surface area contributed by atoms with E-state index in [4.69, 9.17) is 5.73 Å². The average molecular weight is 219 g/mol. The molecule has 2 nitrogen and oxygen atoms in total. The Hall–Kier alpha value is -1.15. The van der Waals surface area contributed by atoms with Crippen LogP contribution in [0.4, 0.5) is 0 Å². The zero-order valence-corrected chi connectivity index (χ0v) is 10.4. The molecule has 0 fully saturated rings. The number of nitrogens with two attached hydrogens (primary N) is 1. The van der Waals surface area contributed by atoms with Gasteiger partial charge < -0.3 is 5.73 Å². The Morgan fingerprint density at radius 3 is 2.25 bits per heavy atom. The lowest BCUT2D eigenvalue weighted by molar-refractivity contribution is 0.0957. The highest BCUT2D eigenvalue weighted by atomic mass is 16.1. The normalized spacial score (nSPS) is 12.8. The minimum atomic E-state index is -0.352. The molecule has 16 heavy (non-hydrogen) atoms. The molecule has 1 unspecified atom stereocenters. The summed E-state index contributed by atoms with van der Waals surface area (Å²) in [6.07, 6.45) is 1.70. The minimum absolute atomic E-state index is 0.0529. The fraction of sp³-hybridized carbons (Fsp3) is 0.500. The monoisotopic (exact) mass is 219 g/mol. The summed E-state index contributed by atoms with van der Waals surface area (Å²) in [6.45, 7) is 6.31. The molecule has 1 aromatic rings. The minimum Gasteiger partial charge on any atom is -0.321 e. The molecule has 0 aliphatic rings. The van der Waals surface area contributed by atoms with Gasteiger partial charge in [0.05, 0.1) is 6.04 Å². The second-order valence-corrected chi connectivity index (χ2v) is 4.54. The van der Waals surface area contributed by atoms with Crippen molar-refractivity contribution in [2.75, 3.05) is 0 Å². The van der Waals surface area contributed by atoms with Gasteiger partial charge in [-0.3, -0.25) is 4.79 Å². The van der Waals surface area contributed by atoms with Crippen LogP contribution in [0.15, 0.2) is 24.3 Å². The predicted molar refractivity (Wildman–Crippen MR) is 67.7 cm³/mol. The molecule has 0 saturated carbocycles. The topological polar surface area (TPSA) is 43.1 Å². The van der Waals surface area contributed by atoms with Crippen molar-refractivity contribution in [2.24, 2.45) is 5.73 Å². The van der Waals surface area contributed by atoms with Gasteiger partial charge in [-0.1, -0.05) is 51.5 Å². The van der Waals surface area contributed by atoms with Crippen LogP contribution in [0.3, 0.4) is 0 Å². The zero-order valence-electron chi connectivity index (χ0n) is 10.4. The lowest BCUT2D eigenvalue weighted by Gasteiger charge is -2.10. The molecule has 0 amide bonds. The van der Waals surface area contributed by atoms with Crippen molar-refractivity contribution in [1.29, 1.82) is 0 Å². The standard InChI is InChI=1S/C14H21NO/c1-4-5-13(15)14(16)12-8-6-11(7-9-12)10(2)3/h6-10,13H,4-5,15H2,1-3H3. The van der Waals surface area contributed by atoms with Crippen molar-refractivity contribution < 1.29 is 4.79 Å². The molecule has 2 N–H and O–H groups in total. The van der Waals surface area contributed by atoms with Crippen LogP contribution in [0.2, 0.25) is 0 Å². The van der Waals surface area contributed by atoms with Crippen LogP contribution >= 0.6 is 0 Å². The van der Waals surface area contributed by atoms with Crippen LogP contribution in [0.1, 0.15) is 55.5 Å². The van der Waals surface area contributed by atoms with E-state index in [0.717, 1.165) is 18.4 Å². The maximum atomic E-state index is 11.9. The van der Waals surface area contributed by atoms with Crippen molar-refractivity contribution in [2.45, 2.75) is 45.6 Å².